The largest absolute Gasteiger partial charge is 0.443 e. The number of rotatable bonds is 2. The van der Waals surface area contributed by atoms with Crippen LogP contribution in [0.5, 0.6) is 0 Å². The van der Waals surface area contributed by atoms with Gasteiger partial charge >= 0.3 is 0 Å². The van der Waals surface area contributed by atoms with Crippen molar-refractivity contribution in [1.29, 1.82) is 0 Å². The van der Waals surface area contributed by atoms with Crippen LogP contribution in [0.15, 0.2) is 41.1 Å². The zero-order valence-corrected chi connectivity index (χ0v) is 7.53. The number of hydrogen-bond acceptors (Lipinski definition) is 2. The molecule has 0 atom stereocenters. The van der Waals surface area contributed by atoms with Gasteiger partial charge in [0.2, 0.25) is 0 Å². The van der Waals surface area contributed by atoms with E-state index in [1.165, 1.54) is 6.39 Å². The average Bonchev–Trinajstić information content (AvgIpc) is 2.67. The molecule has 0 aliphatic rings. The fourth-order valence-corrected chi connectivity index (χ4v) is 1.35. The van der Waals surface area contributed by atoms with Crippen LogP contribution in [0.4, 0.5) is 0 Å². The lowest BCUT2D eigenvalue weighted by atomic mass is 10.1. The lowest BCUT2D eigenvalue weighted by Gasteiger charge is -1.97. The Labute approximate surface area is 77.2 Å². The van der Waals surface area contributed by atoms with E-state index in [-0.39, 0.29) is 0 Å². The first-order chi connectivity index (χ1) is 6.42. The highest BCUT2D eigenvalue weighted by atomic mass is 16.3. The fraction of sp³-hybridized carbons (Fsp3) is 0.182. The summed E-state index contributed by atoms with van der Waals surface area (Å²) in [5.41, 5.74) is 2.11. The molecule has 0 N–H and O–H groups in total. The van der Waals surface area contributed by atoms with E-state index in [2.05, 4.69) is 11.9 Å². The summed E-state index contributed by atoms with van der Waals surface area (Å²) in [7, 11) is 0. The number of benzene rings is 1. The monoisotopic (exact) mass is 173 g/mol. The molecule has 0 aliphatic carbocycles. The molecule has 1 aromatic carbocycles. The molecule has 0 unspecified atom stereocenters. The molecular weight excluding hydrogens is 162 g/mol. The van der Waals surface area contributed by atoms with Crippen molar-refractivity contribution in [2.24, 2.45) is 0 Å². The van der Waals surface area contributed by atoms with Gasteiger partial charge in [-0.3, -0.25) is 0 Å². The Morgan fingerprint density at radius 1 is 1.23 bits per heavy atom. The minimum Gasteiger partial charge on any atom is -0.443 e. The molecule has 66 valence electrons. The molecule has 13 heavy (non-hydrogen) atoms. The van der Waals surface area contributed by atoms with Crippen LogP contribution in [0.3, 0.4) is 0 Å². The molecule has 0 aliphatic heterocycles. The van der Waals surface area contributed by atoms with Gasteiger partial charge in [-0.1, -0.05) is 37.3 Å². The molecular formula is C11H11NO. The summed E-state index contributed by atoms with van der Waals surface area (Å²) in [6, 6.07) is 10.0. The van der Waals surface area contributed by atoms with E-state index in [0.717, 1.165) is 23.4 Å². The first kappa shape index (κ1) is 8.05. The molecule has 1 heterocycles. The molecule has 2 heteroatoms. The molecule has 0 saturated heterocycles. The summed E-state index contributed by atoms with van der Waals surface area (Å²) in [4.78, 5) is 4.14. The fourth-order valence-electron chi connectivity index (χ4n) is 1.35. The number of nitrogens with zero attached hydrogens (tertiary/aromatic N) is 1. The number of oxazole rings is 1. The summed E-state index contributed by atoms with van der Waals surface area (Å²) >= 11 is 0. The van der Waals surface area contributed by atoms with Crippen molar-refractivity contribution in [3.8, 4) is 11.3 Å². The molecule has 0 bridgehead atoms. The van der Waals surface area contributed by atoms with Gasteiger partial charge in [0.1, 0.15) is 0 Å². The summed E-state index contributed by atoms with van der Waals surface area (Å²) < 4.78 is 5.33. The van der Waals surface area contributed by atoms with Crippen molar-refractivity contribution in [2.75, 3.05) is 0 Å². The maximum absolute atomic E-state index is 5.33. The lowest BCUT2D eigenvalue weighted by Crippen LogP contribution is -1.83. The molecule has 0 radical (unpaired) electrons. The van der Waals surface area contributed by atoms with Gasteiger partial charge in [-0.05, 0) is 6.42 Å². The quantitative estimate of drug-likeness (QED) is 0.697. The molecule has 0 saturated carbocycles. The van der Waals surface area contributed by atoms with Gasteiger partial charge in [0.05, 0.1) is 5.69 Å². The highest BCUT2D eigenvalue weighted by Crippen LogP contribution is 2.22. The van der Waals surface area contributed by atoms with E-state index in [1.54, 1.807) is 0 Å². The molecule has 2 aromatic rings. The van der Waals surface area contributed by atoms with E-state index >= 15 is 0 Å². The Kier molecular flexibility index (Phi) is 2.13. The first-order valence-electron chi connectivity index (χ1n) is 4.39. The molecule has 2 nitrogen and oxygen atoms in total. The Hall–Kier alpha value is -1.57. The summed E-state index contributed by atoms with van der Waals surface area (Å²) in [6.45, 7) is 2.07. The van der Waals surface area contributed by atoms with Crippen LogP contribution in [0.2, 0.25) is 0 Å². The minimum absolute atomic E-state index is 0.892. The predicted octanol–water partition coefficient (Wildman–Crippen LogP) is 2.90. The molecule has 2 rings (SSSR count). The van der Waals surface area contributed by atoms with E-state index in [1.807, 2.05) is 30.3 Å². The highest BCUT2D eigenvalue weighted by molar-refractivity contribution is 5.59. The van der Waals surface area contributed by atoms with E-state index in [4.69, 9.17) is 4.42 Å². The maximum Gasteiger partial charge on any atom is 0.181 e. The van der Waals surface area contributed by atoms with Crippen molar-refractivity contribution in [3.63, 3.8) is 0 Å². The topological polar surface area (TPSA) is 26.0 Å². The van der Waals surface area contributed by atoms with Gasteiger partial charge < -0.3 is 4.42 Å². The molecule has 0 amide bonds. The smallest absolute Gasteiger partial charge is 0.181 e. The molecule has 1 aromatic heterocycles. The van der Waals surface area contributed by atoms with Crippen molar-refractivity contribution in [2.45, 2.75) is 13.3 Å². The third-order valence-corrected chi connectivity index (χ3v) is 2.01. The third-order valence-electron chi connectivity index (χ3n) is 2.01. The van der Waals surface area contributed by atoms with Crippen LogP contribution in [-0.4, -0.2) is 4.98 Å². The van der Waals surface area contributed by atoms with Gasteiger partial charge in [0.25, 0.3) is 0 Å². The normalized spacial score (nSPS) is 10.2. The minimum atomic E-state index is 0.892. The Balaban J connectivity index is 2.47. The maximum atomic E-state index is 5.33. The van der Waals surface area contributed by atoms with Crippen LogP contribution in [0.1, 0.15) is 12.6 Å². The van der Waals surface area contributed by atoms with Gasteiger partial charge in [-0.2, -0.15) is 0 Å². The highest BCUT2D eigenvalue weighted by Gasteiger charge is 2.07. The SMILES string of the molecule is CCc1ncoc1-c1ccccc1. The Morgan fingerprint density at radius 3 is 2.69 bits per heavy atom. The van der Waals surface area contributed by atoms with Crippen LogP contribution in [-0.2, 0) is 6.42 Å². The van der Waals surface area contributed by atoms with Crippen LogP contribution in [0.25, 0.3) is 11.3 Å². The van der Waals surface area contributed by atoms with Crippen molar-refractivity contribution in [1.82, 2.24) is 4.98 Å². The van der Waals surface area contributed by atoms with E-state index in [9.17, 15) is 0 Å². The van der Waals surface area contributed by atoms with Crippen LogP contribution >= 0.6 is 0 Å². The second kappa shape index (κ2) is 3.44. The standard InChI is InChI=1S/C11H11NO/c1-2-10-11(13-8-12-10)9-6-4-3-5-7-9/h3-8H,2H2,1H3. The van der Waals surface area contributed by atoms with Gasteiger partial charge in [0, 0.05) is 5.56 Å². The number of aryl methyl sites for hydroxylation is 1. The average molecular weight is 173 g/mol. The lowest BCUT2D eigenvalue weighted by molar-refractivity contribution is 0.571. The van der Waals surface area contributed by atoms with Crippen molar-refractivity contribution >= 4 is 0 Å². The number of hydrogen-bond donors (Lipinski definition) is 0. The third kappa shape index (κ3) is 1.47. The molecule has 0 spiro atoms. The summed E-state index contributed by atoms with van der Waals surface area (Å²) in [6.07, 6.45) is 2.40. The van der Waals surface area contributed by atoms with E-state index < -0.39 is 0 Å². The summed E-state index contributed by atoms with van der Waals surface area (Å²) in [5.74, 6) is 0.892. The van der Waals surface area contributed by atoms with Gasteiger partial charge in [0.15, 0.2) is 12.2 Å². The first-order valence-corrected chi connectivity index (χ1v) is 4.39. The molecule has 0 fully saturated rings. The van der Waals surface area contributed by atoms with Crippen LogP contribution in [0, 0.1) is 0 Å². The van der Waals surface area contributed by atoms with Gasteiger partial charge in [-0.15, -0.1) is 0 Å². The second-order valence-corrected chi connectivity index (χ2v) is 2.85. The van der Waals surface area contributed by atoms with Crippen LogP contribution < -0.4 is 0 Å². The Bertz CT molecular complexity index is 378. The second-order valence-electron chi connectivity index (χ2n) is 2.85. The van der Waals surface area contributed by atoms with Gasteiger partial charge in [-0.25, -0.2) is 4.98 Å². The van der Waals surface area contributed by atoms with E-state index in [0.29, 0.717) is 0 Å². The summed E-state index contributed by atoms with van der Waals surface area (Å²) in [5, 5.41) is 0. The Morgan fingerprint density at radius 2 is 2.00 bits per heavy atom. The van der Waals surface area contributed by atoms with Crippen molar-refractivity contribution in [3.05, 3.63) is 42.4 Å². The number of aromatic nitrogens is 1. The zero-order chi connectivity index (χ0) is 9.10. The van der Waals surface area contributed by atoms with Crippen molar-refractivity contribution < 1.29 is 4.42 Å². The predicted molar refractivity (Wildman–Crippen MR) is 51.3 cm³/mol. The zero-order valence-electron chi connectivity index (χ0n) is 7.53.